The Labute approximate surface area is 135 Å². The van der Waals surface area contributed by atoms with Crippen LogP contribution in [0.1, 0.15) is 56.1 Å². The van der Waals surface area contributed by atoms with E-state index in [1.807, 2.05) is 6.07 Å². The molecule has 0 unspecified atom stereocenters. The van der Waals surface area contributed by atoms with E-state index in [1.54, 1.807) is 0 Å². The highest BCUT2D eigenvalue weighted by Gasteiger charge is 2.20. The number of Topliss-reactive ketones (excluding diaryl/α,β-unsaturated/α-hetero) is 1. The SMILES string of the molecule is O=C(CCC1CCCCC1)Cc1cc(Br)cc2c1OCC2. The number of rotatable bonds is 5. The summed E-state index contributed by atoms with van der Waals surface area (Å²) >= 11 is 3.54. The molecule has 1 saturated carbocycles. The highest BCUT2D eigenvalue weighted by atomic mass is 79.9. The molecule has 2 nitrogen and oxygen atoms in total. The lowest BCUT2D eigenvalue weighted by atomic mass is 9.85. The van der Waals surface area contributed by atoms with Gasteiger partial charge in [0.2, 0.25) is 0 Å². The zero-order valence-corrected chi connectivity index (χ0v) is 14.1. The summed E-state index contributed by atoms with van der Waals surface area (Å²) < 4.78 is 6.76. The summed E-state index contributed by atoms with van der Waals surface area (Å²) in [6.07, 6.45) is 10.0. The van der Waals surface area contributed by atoms with Gasteiger partial charge in [-0.25, -0.2) is 0 Å². The van der Waals surface area contributed by atoms with E-state index in [0.29, 0.717) is 12.2 Å². The van der Waals surface area contributed by atoms with Gasteiger partial charge in [-0.05, 0) is 30.0 Å². The van der Waals surface area contributed by atoms with Crippen LogP contribution in [0.2, 0.25) is 0 Å². The molecular formula is C18H23BrO2. The molecule has 0 amide bonds. The third kappa shape index (κ3) is 3.88. The zero-order valence-electron chi connectivity index (χ0n) is 12.5. The summed E-state index contributed by atoms with van der Waals surface area (Å²) in [5.41, 5.74) is 2.30. The quantitative estimate of drug-likeness (QED) is 0.758. The van der Waals surface area contributed by atoms with Crippen LogP contribution in [0, 0.1) is 5.92 Å². The Morgan fingerprint density at radius 3 is 2.86 bits per heavy atom. The molecule has 0 aromatic heterocycles. The molecule has 3 heteroatoms. The van der Waals surface area contributed by atoms with Crippen molar-refractivity contribution in [1.29, 1.82) is 0 Å². The molecule has 1 heterocycles. The highest BCUT2D eigenvalue weighted by molar-refractivity contribution is 9.10. The van der Waals surface area contributed by atoms with Gasteiger partial charge >= 0.3 is 0 Å². The van der Waals surface area contributed by atoms with Crippen LogP contribution in [0.4, 0.5) is 0 Å². The second-order valence-electron chi connectivity index (χ2n) is 6.41. The number of ether oxygens (including phenoxy) is 1. The van der Waals surface area contributed by atoms with Gasteiger partial charge < -0.3 is 4.74 Å². The van der Waals surface area contributed by atoms with Crippen molar-refractivity contribution in [1.82, 2.24) is 0 Å². The van der Waals surface area contributed by atoms with Gasteiger partial charge in [0.1, 0.15) is 11.5 Å². The van der Waals surface area contributed by atoms with Gasteiger partial charge in [0.05, 0.1) is 6.61 Å². The molecule has 2 aliphatic rings. The Morgan fingerprint density at radius 1 is 1.24 bits per heavy atom. The zero-order chi connectivity index (χ0) is 14.7. The van der Waals surface area contributed by atoms with Gasteiger partial charge in [-0.3, -0.25) is 4.79 Å². The Morgan fingerprint density at radius 2 is 2.05 bits per heavy atom. The number of ketones is 1. The molecule has 1 aromatic carbocycles. The van der Waals surface area contributed by atoms with Crippen LogP contribution in [-0.2, 0) is 17.6 Å². The van der Waals surface area contributed by atoms with Crippen LogP contribution < -0.4 is 4.74 Å². The maximum atomic E-state index is 12.3. The number of benzene rings is 1. The molecular weight excluding hydrogens is 328 g/mol. The molecule has 21 heavy (non-hydrogen) atoms. The molecule has 1 aliphatic carbocycles. The van der Waals surface area contributed by atoms with Crippen molar-refractivity contribution in [2.75, 3.05) is 6.61 Å². The summed E-state index contributed by atoms with van der Waals surface area (Å²) in [5.74, 6) is 2.10. The van der Waals surface area contributed by atoms with Crippen molar-refractivity contribution in [3.05, 3.63) is 27.7 Å². The number of hydrogen-bond donors (Lipinski definition) is 0. The van der Waals surface area contributed by atoms with Gasteiger partial charge in [0, 0.05) is 29.3 Å². The molecule has 1 aromatic rings. The van der Waals surface area contributed by atoms with Crippen LogP contribution in [0.3, 0.4) is 0 Å². The lowest BCUT2D eigenvalue weighted by molar-refractivity contribution is -0.118. The molecule has 0 bridgehead atoms. The highest BCUT2D eigenvalue weighted by Crippen LogP contribution is 2.34. The minimum atomic E-state index is 0.358. The lowest BCUT2D eigenvalue weighted by Gasteiger charge is -2.21. The predicted octanol–water partition coefficient (Wildman–Crippen LogP) is 4.86. The summed E-state index contributed by atoms with van der Waals surface area (Å²) in [5, 5.41) is 0. The average Bonchev–Trinajstić information content (AvgIpc) is 2.94. The Kier molecular flexibility index (Phi) is 4.99. The Balaban J connectivity index is 1.57. The van der Waals surface area contributed by atoms with Crippen LogP contribution >= 0.6 is 15.9 Å². The van der Waals surface area contributed by atoms with E-state index in [4.69, 9.17) is 4.74 Å². The Bertz CT molecular complexity index is 518. The van der Waals surface area contributed by atoms with Crippen molar-refractivity contribution < 1.29 is 9.53 Å². The van der Waals surface area contributed by atoms with E-state index in [1.165, 1.54) is 37.7 Å². The third-order valence-corrected chi connectivity index (χ3v) is 5.23. The van der Waals surface area contributed by atoms with Gasteiger partial charge in [-0.15, -0.1) is 0 Å². The summed E-state index contributed by atoms with van der Waals surface area (Å²) in [7, 11) is 0. The molecule has 3 rings (SSSR count). The van der Waals surface area contributed by atoms with Crippen molar-refractivity contribution in [2.45, 2.75) is 57.8 Å². The van der Waals surface area contributed by atoms with Crippen LogP contribution in [-0.4, -0.2) is 12.4 Å². The molecule has 1 aliphatic heterocycles. The first-order valence-corrected chi connectivity index (χ1v) is 8.97. The van der Waals surface area contributed by atoms with Gasteiger partial charge in [0.15, 0.2) is 0 Å². The minimum Gasteiger partial charge on any atom is -0.493 e. The number of hydrogen-bond acceptors (Lipinski definition) is 2. The summed E-state index contributed by atoms with van der Waals surface area (Å²) in [6, 6.07) is 4.15. The van der Waals surface area contributed by atoms with Gasteiger partial charge in [0.25, 0.3) is 0 Å². The molecule has 114 valence electrons. The topological polar surface area (TPSA) is 26.3 Å². The average molecular weight is 351 g/mol. The van der Waals surface area contributed by atoms with Crippen molar-refractivity contribution in [2.24, 2.45) is 5.92 Å². The largest absolute Gasteiger partial charge is 0.493 e. The molecule has 0 atom stereocenters. The summed E-state index contributed by atoms with van der Waals surface area (Å²) in [4.78, 5) is 12.3. The maximum absolute atomic E-state index is 12.3. The second kappa shape index (κ2) is 6.95. The molecule has 0 radical (unpaired) electrons. The number of fused-ring (bicyclic) bond motifs is 1. The number of carbonyl (C=O) groups is 1. The lowest BCUT2D eigenvalue weighted by Crippen LogP contribution is -2.10. The molecule has 0 saturated heterocycles. The van der Waals surface area contributed by atoms with Gasteiger partial charge in [-0.2, -0.15) is 0 Å². The van der Waals surface area contributed by atoms with Crippen molar-refractivity contribution >= 4 is 21.7 Å². The van der Waals surface area contributed by atoms with E-state index < -0.39 is 0 Å². The minimum absolute atomic E-state index is 0.358. The first kappa shape index (κ1) is 15.1. The number of carbonyl (C=O) groups excluding carboxylic acids is 1. The first-order chi connectivity index (χ1) is 10.2. The molecule has 0 N–H and O–H groups in total. The van der Waals surface area contributed by atoms with E-state index >= 15 is 0 Å². The van der Waals surface area contributed by atoms with E-state index in [2.05, 4.69) is 22.0 Å². The van der Waals surface area contributed by atoms with E-state index in [9.17, 15) is 4.79 Å². The molecule has 0 spiro atoms. The third-order valence-electron chi connectivity index (χ3n) is 4.77. The molecule has 1 fully saturated rings. The second-order valence-corrected chi connectivity index (χ2v) is 7.33. The summed E-state index contributed by atoms with van der Waals surface area (Å²) in [6.45, 7) is 0.745. The van der Waals surface area contributed by atoms with Crippen molar-refractivity contribution in [3.8, 4) is 5.75 Å². The van der Waals surface area contributed by atoms with Gasteiger partial charge in [-0.1, -0.05) is 48.0 Å². The Hall–Kier alpha value is -0.830. The normalized spacial score (nSPS) is 18.3. The van der Waals surface area contributed by atoms with E-state index in [-0.39, 0.29) is 0 Å². The predicted molar refractivity (Wildman–Crippen MR) is 87.9 cm³/mol. The standard InChI is InChI=1S/C18H23BrO2/c19-16-10-14-8-9-21-18(14)15(11-16)12-17(20)7-6-13-4-2-1-3-5-13/h10-11,13H,1-9,12H2. The number of halogens is 1. The van der Waals surface area contributed by atoms with Crippen LogP contribution in [0.25, 0.3) is 0 Å². The fourth-order valence-electron chi connectivity index (χ4n) is 3.62. The van der Waals surface area contributed by atoms with Crippen LogP contribution in [0.5, 0.6) is 5.75 Å². The fraction of sp³-hybridized carbons (Fsp3) is 0.611. The maximum Gasteiger partial charge on any atom is 0.137 e. The smallest absolute Gasteiger partial charge is 0.137 e. The monoisotopic (exact) mass is 350 g/mol. The van der Waals surface area contributed by atoms with E-state index in [0.717, 1.165) is 47.6 Å². The van der Waals surface area contributed by atoms with Crippen molar-refractivity contribution in [3.63, 3.8) is 0 Å². The first-order valence-electron chi connectivity index (χ1n) is 8.18. The fourth-order valence-corrected chi connectivity index (χ4v) is 4.17. The van der Waals surface area contributed by atoms with Crippen LogP contribution in [0.15, 0.2) is 16.6 Å².